The predicted molar refractivity (Wildman–Crippen MR) is 104 cm³/mol. The van der Waals surface area contributed by atoms with E-state index in [4.69, 9.17) is 5.26 Å². The fourth-order valence-electron chi connectivity index (χ4n) is 2.64. The molecular weight excluding hydrogens is 362 g/mol. The van der Waals surface area contributed by atoms with Crippen molar-refractivity contribution < 1.29 is 13.2 Å². The van der Waals surface area contributed by atoms with Crippen molar-refractivity contribution in [2.24, 2.45) is 0 Å². The van der Waals surface area contributed by atoms with E-state index in [1.54, 1.807) is 0 Å². The van der Waals surface area contributed by atoms with Crippen LogP contribution in [0.15, 0.2) is 71.6 Å². The number of nitrogens with one attached hydrogen (secondary N) is 2. The molecule has 3 aromatic rings. The van der Waals surface area contributed by atoms with E-state index in [1.807, 2.05) is 48.5 Å². The van der Waals surface area contributed by atoms with E-state index < -0.39 is 10.0 Å². The van der Waals surface area contributed by atoms with Crippen LogP contribution >= 0.6 is 0 Å². The van der Waals surface area contributed by atoms with Gasteiger partial charge in [-0.3, -0.25) is 4.79 Å². The zero-order valence-electron chi connectivity index (χ0n) is 14.3. The van der Waals surface area contributed by atoms with Gasteiger partial charge in [0.05, 0.1) is 11.0 Å². The average molecular weight is 379 g/mol. The van der Waals surface area contributed by atoms with Gasteiger partial charge in [0.25, 0.3) is 5.91 Å². The molecular formula is C20H17N3O3S. The van der Waals surface area contributed by atoms with Gasteiger partial charge in [0.2, 0.25) is 10.0 Å². The van der Waals surface area contributed by atoms with Crippen LogP contribution in [0.1, 0.15) is 16.8 Å². The van der Waals surface area contributed by atoms with Crippen LogP contribution in [-0.4, -0.2) is 20.9 Å². The van der Waals surface area contributed by atoms with Gasteiger partial charge < -0.3 is 5.32 Å². The first kappa shape index (κ1) is 18.6. The minimum absolute atomic E-state index is 0.0437. The van der Waals surface area contributed by atoms with E-state index in [9.17, 15) is 13.2 Å². The van der Waals surface area contributed by atoms with Gasteiger partial charge in [-0.15, -0.1) is 0 Å². The number of carbonyl (C=O) groups is 1. The van der Waals surface area contributed by atoms with Crippen molar-refractivity contribution in [2.75, 3.05) is 11.9 Å². The molecule has 136 valence electrons. The molecule has 0 heterocycles. The Morgan fingerprint density at radius 1 is 0.963 bits per heavy atom. The Kier molecular flexibility index (Phi) is 5.50. The Balaban J connectivity index is 1.77. The Morgan fingerprint density at radius 3 is 2.41 bits per heavy atom. The molecule has 0 fully saturated rings. The van der Waals surface area contributed by atoms with Crippen molar-refractivity contribution in [3.63, 3.8) is 0 Å². The number of rotatable bonds is 6. The van der Waals surface area contributed by atoms with Crippen molar-refractivity contribution in [1.82, 2.24) is 4.72 Å². The third kappa shape index (κ3) is 4.31. The molecule has 7 heteroatoms. The van der Waals surface area contributed by atoms with Gasteiger partial charge in [0.15, 0.2) is 0 Å². The summed E-state index contributed by atoms with van der Waals surface area (Å²) in [6, 6.07) is 20.9. The Bertz CT molecular complexity index is 1110. The van der Waals surface area contributed by atoms with Crippen molar-refractivity contribution in [3.05, 3.63) is 72.3 Å². The van der Waals surface area contributed by atoms with Gasteiger partial charge >= 0.3 is 0 Å². The lowest BCUT2D eigenvalue weighted by molar-refractivity contribution is 0.102. The molecule has 0 atom stereocenters. The molecule has 0 saturated heterocycles. The van der Waals surface area contributed by atoms with Gasteiger partial charge in [-0.1, -0.05) is 36.4 Å². The van der Waals surface area contributed by atoms with E-state index >= 15 is 0 Å². The number of nitriles is 1. The van der Waals surface area contributed by atoms with Gasteiger partial charge in [-0.2, -0.15) is 5.26 Å². The maximum atomic E-state index is 12.5. The number of hydrogen-bond donors (Lipinski definition) is 2. The molecule has 3 rings (SSSR count). The zero-order valence-corrected chi connectivity index (χ0v) is 15.2. The summed E-state index contributed by atoms with van der Waals surface area (Å²) in [5, 5.41) is 13.3. The average Bonchev–Trinajstić information content (AvgIpc) is 2.68. The molecule has 2 N–H and O–H groups in total. The highest BCUT2D eigenvalue weighted by molar-refractivity contribution is 7.89. The van der Waals surface area contributed by atoms with E-state index in [2.05, 4.69) is 10.0 Å². The van der Waals surface area contributed by atoms with Crippen LogP contribution in [0.3, 0.4) is 0 Å². The molecule has 0 spiro atoms. The number of hydrogen-bond acceptors (Lipinski definition) is 4. The molecule has 0 aliphatic carbocycles. The Morgan fingerprint density at radius 2 is 1.67 bits per heavy atom. The molecule has 0 saturated carbocycles. The Labute approximate surface area is 157 Å². The first-order valence-electron chi connectivity index (χ1n) is 8.27. The number of nitrogens with zero attached hydrogens (tertiary/aromatic N) is 1. The highest BCUT2D eigenvalue weighted by atomic mass is 32.2. The number of carbonyl (C=O) groups excluding carboxylic acids is 1. The summed E-state index contributed by atoms with van der Waals surface area (Å²) in [4.78, 5) is 12.6. The lowest BCUT2D eigenvalue weighted by Crippen LogP contribution is -2.24. The molecule has 27 heavy (non-hydrogen) atoms. The lowest BCUT2D eigenvalue weighted by Gasteiger charge is -2.10. The topological polar surface area (TPSA) is 99.1 Å². The summed E-state index contributed by atoms with van der Waals surface area (Å²) in [5.74, 6) is -0.326. The number of fused-ring (bicyclic) bond motifs is 1. The summed E-state index contributed by atoms with van der Waals surface area (Å²) in [7, 11) is -3.70. The van der Waals surface area contributed by atoms with Crippen LogP contribution in [0, 0.1) is 11.3 Å². The number of anilines is 1. The summed E-state index contributed by atoms with van der Waals surface area (Å²) >= 11 is 0. The molecule has 1 amide bonds. The quantitative estimate of drug-likeness (QED) is 0.642. The van der Waals surface area contributed by atoms with Gasteiger partial charge in [0, 0.05) is 29.6 Å². The summed E-state index contributed by atoms with van der Waals surface area (Å²) < 4.78 is 26.5. The largest absolute Gasteiger partial charge is 0.321 e. The molecule has 0 aliphatic rings. The van der Waals surface area contributed by atoms with Crippen LogP contribution in [-0.2, 0) is 10.0 Å². The summed E-state index contributed by atoms with van der Waals surface area (Å²) in [5.41, 5.74) is 1.03. The maximum absolute atomic E-state index is 12.5. The maximum Gasteiger partial charge on any atom is 0.255 e. The molecule has 0 bridgehead atoms. The third-order valence-electron chi connectivity index (χ3n) is 3.99. The minimum Gasteiger partial charge on any atom is -0.321 e. The standard InChI is InChI=1S/C20H17N3O3S/c21-13-4-14-22-27(25,26)17-11-9-16(10-12-17)20(24)23-19-8-3-6-15-5-1-2-7-18(15)19/h1-3,5-12,22H,4,14H2,(H,23,24). The van der Waals surface area contributed by atoms with E-state index in [0.29, 0.717) is 11.3 Å². The van der Waals surface area contributed by atoms with Crippen molar-refractivity contribution in [1.29, 1.82) is 5.26 Å². The highest BCUT2D eigenvalue weighted by Crippen LogP contribution is 2.23. The second-order valence-electron chi connectivity index (χ2n) is 5.81. The molecule has 0 unspecified atom stereocenters. The predicted octanol–water partition coefficient (Wildman–Crippen LogP) is 3.28. The second-order valence-corrected chi connectivity index (χ2v) is 7.58. The lowest BCUT2D eigenvalue weighted by atomic mass is 10.1. The first-order chi connectivity index (χ1) is 13.0. The Hall–Kier alpha value is -3.21. The molecule has 3 aromatic carbocycles. The zero-order chi connectivity index (χ0) is 19.3. The number of amides is 1. The van der Waals surface area contributed by atoms with E-state index in [1.165, 1.54) is 24.3 Å². The SMILES string of the molecule is N#CCCNS(=O)(=O)c1ccc(C(=O)Nc2cccc3ccccc23)cc1. The normalized spacial score (nSPS) is 11.1. The van der Waals surface area contributed by atoms with Crippen molar-refractivity contribution in [3.8, 4) is 6.07 Å². The second kappa shape index (κ2) is 7.99. The smallest absolute Gasteiger partial charge is 0.255 e. The van der Waals surface area contributed by atoms with Crippen LogP contribution < -0.4 is 10.0 Å². The van der Waals surface area contributed by atoms with Crippen LogP contribution in [0.4, 0.5) is 5.69 Å². The van der Waals surface area contributed by atoms with Gasteiger partial charge in [0.1, 0.15) is 0 Å². The molecule has 0 radical (unpaired) electrons. The molecule has 0 aliphatic heterocycles. The highest BCUT2D eigenvalue weighted by Gasteiger charge is 2.15. The fraction of sp³-hybridized carbons (Fsp3) is 0.100. The third-order valence-corrected chi connectivity index (χ3v) is 5.47. The van der Waals surface area contributed by atoms with E-state index in [-0.39, 0.29) is 23.8 Å². The molecule has 0 aromatic heterocycles. The van der Waals surface area contributed by atoms with Gasteiger partial charge in [-0.25, -0.2) is 13.1 Å². The fourth-order valence-corrected chi connectivity index (χ4v) is 3.67. The minimum atomic E-state index is -3.70. The monoisotopic (exact) mass is 379 g/mol. The van der Waals surface area contributed by atoms with E-state index in [0.717, 1.165) is 10.8 Å². The van der Waals surface area contributed by atoms with Crippen molar-refractivity contribution in [2.45, 2.75) is 11.3 Å². The number of sulfonamides is 1. The summed E-state index contributed by atoms with van der Waals surface area (Å²) in [6.07, 6.45) is 0.0880. The summed E-state index contributed by atoms with van der Waals surface area (Å²) in [6.45, 7) is 0.0438. The van der Waals surface area contributed by atoms with Crippen LogP contribution in [0.2, 0.25) is 0 Å². The first-order valence-corrected chi connectivity index (χ1v) is 9.75. The van der Waals surface area contributed by atoms with Crippen LogP contribution in [0.25, 0.3) is 10.8 Å². The van der Waals surface area contributed by atoms with Gasteiger partial charge in [-0.05, 0) is 35.7 Å². The molecule has 6 nitrogen and oxygen atoms in total. The number of benzene rings is 3. The van der Waals surface area contributed by atoms with Crippen LogP contribution in [0.5, 0.6) is 0 Å². The van der Waals surface area contributed by atoms with Crippen molar-refractivity contribution >= 4 is 32.4 Å².